The highest BCUT2D eigenvalue weighted by molar-refractivity contribution is 5.84. The molecule has 2 rings (SSSR count). The zero-order valence-electron chi connectivity index (χ0n) is 17.8. The molecule has 0 saturated heterocycles. The van der Waals surface area contributed by atoms with E-state index in [1.807, 2.05) is 48.5 Å². The summed E-state index contributed by atoms with van der Waals surface area (Å²) in [5.41, 5.74) is 3.52. The van der Waals surface area contributed by atoms with Gasteiger partial charge in [-0.05, 0) is 35.4 Å². The molecule has 0 unspecified atom stereocenters. The van der Waals surface area contributed by atoms with Gasteiger partial charge in [0.2, 0.25) is 13.6 Å². The molecule has 31 heavy (non-hydrogen) atoms. The van der Waals surface area contributed by atoms with Crippen LogP contribution in [-0.4, -0.2) is 26.4 Å². The van der Waals surface area contributed by atoms with Crippen LogP contribution in [0.1, 0.15) is 25.0 Å². The molecule has 166 valence electrons. The van der Waals surface area contributed by atoms with Crippen molar-refractivity contribution in [3.8, 4) is 0 Å². The number of rotatable bonds is 13. The average Bonchev–Trinajstić information content (AvgIpc) is 2.77. The molecule has 8 nitrogen and oxygen atoms in total. The number of anilines is 2. The van der Waals surface area contributed by atoms with Crippen LogP contribution in [0.25, 0.3) is 0 Å². The monoisotopic (exact) mass is 428 g/mol. The van der Waals surface area contributed by atoms with Crippen molar-refractivity contribution in [3.05, 3.63) is 85.3 Å². The van der Waals surface area contributed by atoms with E-state index in [1.165, 1.54) is 12.5 Å². The number of carbonyl (C=O) groups is 1. The zero-order valence-corrected chi connectivity index (χ0v) is 17.8. The smallest absolute Gasteiger partial charge is 0.414 e. The summed E-state index contributed by atoms with van der Waals surface area (Å²) in [6, 6.07) is 15.6. The van der Waals surface area contributed by atoms with Crippen LogP contribution in [-0.2, 0) is 29.4 Å². The van der Waals surface area contributed by atoms with Gasteiger partial charge in [-0.1, -0.05) is 51.3 Å². The highest BCUT2D eigenvalue weighted by Crippen LogP contribution is 2.32. The van der Waals surface area contributed by atoms with E-state index in [0.29, 0.717) is 5.69 Å². The Labute approximate surface area is 182 Å². The van der Waals surface area contributed by atoms with Gasteiger partial charge in [-0.3, -0.25) is 5.32 Å². The molecule has 0 aliphatic carbocycles. The number of hydrogen-bond donors (Lipinski definition) is 2. The first-order valence-corrected chi connectivity index (χ1v) is 9.55. The van der Waals surface area contributed by atoms with Crippen LogP contribution < -0.4 is 10.6 Å². The Balaban J connectivity index is 1.91. The predicted octanol–water partition coefficient (Wildman–Crippen LogP) is 5.11. The largest absolute Gasteiger partial charge is 0.473 e. The lowest BCUT2D eigenvalue weighted by Crippen LogP contribution is -2.19. The maximum atomic E-state index is 11.7. The third-order valence-electron chi connectivity index (χ3n) is 4.49. The Hall–Kier alpha value is -3.49. The topological polar surface area (TPSA) is 87.3 Å². The van der Waals surface area contributed by atoms with Crippen LogP contribution in [0.3, 0.4) is 0 Å². The van der Waals surface area contributed by atoms with E-state index in [9.17, 15) is 4.79 Å². The number of hydrogen-bond acceptors (Lipinski definition) is 7. The molecule has 0 heterocycles. The van der Waals surface area contributed by atoms with E-state index in [1.54, 1.807) is 0 Å². The number of benzene rings is 2. The molecule has 2 aromatic carbocycles. The first-order chi connectivity index (χ1) is 15.0. The summed E-state index contributed by atoms with van der Waals surface area (Å²) in [6.07, 6.45) is 1.88. The van der Waals surface area contributed by atoms with Crippen LogP contribution in [0.15, 0.2) is 74.2 Å². The second kappa shape index (κ2) is 12.3. The fraction of sp³-hybridized carbons (Fsp3) is 0.261. The summed E-state index contributed by atoms with van der Waals surface area (Å²) in [5, 5.41) is 5.73. The first-order valence-electron chi connectivity index (χ1n) is 9.55. The highest BCUT2D eigenvalue weighted by atomic mass is 17.2. The molecule has 0 atom stereocenters. The lowest BCUT2D eigenvalue weighted by atomic mass is 9.78. The number of amides is 1. The van der Waals surface area contributed by atoms with Gasteiger partial charge in [0.25, 0.3) is 0 Å². The first kappa shape index (κ1) is 23.8. The summed E-state index contributed by atoms with van der Waals surface area (Å²) < 4.78 is 14.4. The summed E-state index contributed by atoms with van der Waals surface area (Å²) >= 11 is 0. The van der Waals surface area contributed by atoms with Crippen molar-refractivity contribution in [1.29, 1.82) is 0 Å². The van der Waals surface area contributed by atoms with Crippen LogP contribution >= 0.6 is 0 Å². The van der Waals surface area contributed by atoms with E-state index in [-0.39, 0.29) is 25.7 Å². The fourth-order valence-electron chi connectivity index (χ4n) is 2.70. The Morgan fingerprint density at radius 1 is 0.871 bits per heavy atom. The second-order valence-electron chi connectivity index (χ2n) is 6.80. The molecule has 2 aromatic rings. The molecule has 0 radical (unpaired) electrons. The van der Waals surface area contributed by atoms with Gasteiger partial charge in [-0.2, -0.15) is 4.89 Å². The van der Waals surface area contributed by atoms with Gasteiger partial charge in [0.05, 0.1) is 12.5 Å². The van der Waals surface area contributed by atoms with Crippen molar-refractivity contribution < 1.29 is 28.8 Å². The second-order valence-corrected chi connectivity index (χ2v) is 6.80. The zero-order chi connectivity index (χ0) is 22.5. The summed E-state index contributed by atoms with van der Waals surface area (Å²) in [4.78, 5) is 21.4. The molecular weight excluding hydrogens is 400 g/mol. The lowest BCUT2D eigenvalue weighted by Gasteiger charge is -2.26. The molecule has 0 bridgehead atoms. The minimum Gasteiger partial charge on any atom is -0.473 e. The average molecular weight is 428 g/mol. The van der Waals surface area contributed by atoms with Gasteiger partial charge in [0.15, 0.2) is 6.73 Å². The molecule has 0 aromatic heterocycles. The summed E-state index contributed by atoms with van der Waals surface area (Å²) in [7, 11) is 0. The van der Waals surface area contributed by atoms with Crippen molar-refractivity contribution in [1.82, 2.24) is 0 Å². The van der Waals surface area contributed by atoms with E-state index >= 15 is 0 Å². The Morgan fingerprint density at radius 3 is 2.00 bits per heavy atom. The van der Waals surface area contributed by atoms with Crippen molar-refractivity contribution in [2.75, 3.05) is 31.0 Å². The van der Waals surface area contributed by atoms with Crippen molar-refractivity contribution in [2.45, 2.75) is 19.3 Å². The van der Waals surface area contributed by atoms with Crippen LogP contribution in [0, 0.1) is 0 Å². The van der Waals surface area contributed by atoms with Crippen LogP contribution in [0.5, 0.6) is 0 Å². The van der Waals surface area contributed by atoms with Crippen LogP contribution in [0.2, 0.25) is 0 Å². The minimum atomic E-state index is -0.598. The van der Waals surface area contributed by atoms with Gasteiger partial charge in [0, 0.05) is 16.8 Å². The Bertz CT molecular complexity index is 834. The molecule has 8 heteroatoms. The quantitative estimate of drug-likeness (QED) is 0.151. The molecule has 0 aliphatic rings. The third kappa shape index (κ3) is 7.69. The maximum Gasteiger partial charge on any atom is 0.414 e. The van der Waals surface area contributed by atoms with Gasteiger partial charge in [-0.25, -0.2) is 9.68 Å². The normalized spacial score (nSPS) is 10.6. The van der Waals surface area contributed by atoms with Gasteiger partial charge in [0.1, 0.15) is 0 Å². The van der Waals surface area contributed by atoms with E-state index in [4.69, 9.17) is 24.0 Å². The lowest BCUT2D eigenvalue weighted by molar-refractivity contribution is -0.324. The third-order valence-corrected chi connectivity index (χ3v) is 4.49. The Morgan fingerprint density at radius 2 is 1.42 bits per heavy atom. The standard InChI is InChI=1S/C23H28N2O6/c1-5-27-16-29-22(26)25-21-13-9-19(10-14-21)23(3,4)18-7-11-20(12-8-18)24-15-30-31-17-28-6-2/h5-14,24H,1-2,15-17H2,3-4H3,(H,25,26). The van der Waals surface area contributed by atoms with Gasteiger partial charge < -0.3 is 19.5 Å². The minimum absolute atomic E-state index is 0.0163. The molecule has 0 fully saturated rings. The van der Waals surface area contributed by atoms with E-state index in [0.717, 1.165) is 16.8 Å². The maximum absolute atomic E-state index is 11.7. The number of nitrogens with one attached hydrogen (secondary N) is 2. The van der Waals surface area contributed by atoms with Crippen molar-refractivity contribution >= 4 is 17.5 Å². The molecule has 0 saturated carbocycles. The SMILES string of the molecule is C=COCOOCNc1ccc(C(C)(C)c2ccc(NC(=O)OCOC=C)cc2)cc1. The fourth-order valence-corrected chi connectivity index (χ4v) is 2.70. The van der Waals surface area contributed by atoms with Crippen molar-refractivity contribution in [2.24, 2.45) is 0 Å². The molecule has 0 aliphatic heterocycles. The molecular formula is C23H28N2O6. The predicted molar refractivity (Wildman–Crippen MR) is 118 cm³/mol. The van der Waals surface area contributed by atoms with Crippen LogP contribution in [0.4, 0.5) is 16.2 Å². The molecule has 2 N–H and O–H groups in total. The molecule has 0 spiro atoms. The number of ether oxygens (including phenoxy) is 3. The summed E-state index contributed by atoms with van der Waals surface area (Å²) in [6.45, 7) is 11.0. The van der Waals surface area contributed by atoms with E-state index < -0.39 is 6.09 Å². The Kier molecular flexibility index (Phi) is 9.41. The van der Waals surface area contributed by atoms with E-state index in [2.05, 4.69) is 37.6 Å². The van der Waals surface area contributed by atoms with Crippen molar-refractivity contribution in [3.63, 3.8) is 0 Å². The highest BCUT2D eigenvalue weighted by Gasteiger charge is 2.23. The molecule has 1 amide bonds. The van der Waals surface area contributed by atoms with Gasteiger partial charge in [-0.15, -0.1) is 0 Å². The van der Waals surface area contributed by atoms with Gasteiger partial charge >= 0.3 is 6.09 Å². The number of carbonyl (C=O) groups excluding carboxylic acids is 1. The summed E-state index contributed by atoms with van der Waals surface area (Å²) in [5.74, 6) is 0.